The summed E-state index contributed by atoms with van der Waals surface area (Å²) in [4.78, 5) is 10.7. The van der Waals surface area contributed by atoms with Gasteiger partial charge in [0.15, 0.2) is 0 Å². The Morgan fingerprint density at radius 3 is 2.88 bits per heavy atom. The Morgan fingerprint density at radius 2 is 2.19 bits per heavy atom. The van der Waals surface area contributed by atoms with Crippen molar-refractivity contribution in [1.29, 1.82) is 0 Å². The second-order valence-corrected chi connectivity index (χ2v) is 3.40. The fraction of sp³-hybridized carbons (Fsp3) is 0.417. The van der Waals surface area contributed by atoms with Gasteiger partial charge in [0.2, 0.25) is 0 Å². The molecular formula is C12H16O4. The van der Waals surface area contributed by atoms with E-state index in [1.165, 1.54) is 0 Å². The third kappa shape index (κ3) is 4.42. The van der Waals surface area contributed by atoms with Crippen LogP contribution in [-0.2, 0) is 16.1 Å². The highest BCUT2D eigenvalue weighted by Gasteiger charge is 2.02. The molecule has 1 aromatic carbocycles. The summed E-state index contributed by atoms with van der Waals surface area (Å²) in [7, 11) is 1.65. The highest BCUT2D eigenvalue weighted by Crippen LogP contribution is 2.06. The minimum Gasteiger partial charge on any atom is -0.478 e. The van der Waals surface area contributed by atoms with Crippen LogP contribution in [0.2, 0.25) is 0 Å². The summed E-state index contributed by atoms with van der Waals surface area (Å²) in [5, 5.41) is 8.79. The fourth-order valence-corrected chi connectivity index (χ4v) is 1.29. The van der Waals surface area contributed by atoms with Crippen molar-refractivity contribution in [2.24, 2.45) is 0 Å². The standard InChI is InChI=1S/C12H16O4/c1-15-6-3-7-16-9-10-4-2-5-11(8-10)12(13)14/h2,4-5,8H,3,6-7,9H2,1H3,(H,13,14). The zero-order chi connectivity index (χ0) is 11.8. The first-order chi connectivity index (χ1) is 7.74. The van der Waals surface area contributed by atoms with Gasteiger partial charge in [-0.05, 0) is 24.1 Å². The Hall–Kier alpha value is -1.39. The topological polar surface area (TPSA) is 55.8 Å². The van der Waals surface area contributed by atoms with Gasteiger partial charge in [-0.25, -0.2) is 4.79 Å². The van der Waals surface area contributed by atoms with Gasteiger partial charge in [-0.3, -0.25) is 0 Å². The van der Waals surface area contributed by atoms with Crippen LogP contribution in [0, 0.1) is 0 Å². The van der Waals surface area contributed by atoms with Crippen LogP contribution >= 0.6 is 0 Å². The molecule has 4 heteroatoms. The predicted octanol–water partition coefficient (Wildman–Crippen LogP) is 1.94. The van der Waals surface area contributed by atoms with Crippen molar-refractivity contribution in [2.75, 3.05) is 20.3 Å². The first-order valence-corrected chi connectivity index (χ1v) is 5.13. The summed E-state index contributed by atoms with van der Waals surface area (Å²) in [6.07, 6.45) is 0.842. The maximum atomic E-state index is 10.7. The molecule has 16 heavy (non-hydrogen) atoms. The fourth-order valence-electron chi connectivity index (χ4n) is 1.29. The predicted molar refractivity (Wildman–Crippen MR) is 59.6 cm³/mol. The second kappa shape index (κ2) is 6.98. The molecule has 1 rings (SSSR count). The molecular weight excluding hydrogens is 208 g/mol. The Kier molecular flexibility index (Phi) is 5.53. The largest absolute Gasteiger partial charge is 0.478 e. The molecule has 0 spiro atoms. The molecule has 0 bridgehead atoms. The zero-order valence-corrected chi connectivity index (χ0v) is 9.31. The summed E-state index contributed by atoms with van der Waals surface area (Å²) in [6, 6.07) is 6.76. The molecule has 0 atom stereocenters. The van der Waals surface area contributed by atoms with Crippen molar-refractivity contribution in [3.63, 3.8) is 0 Å². The van der Waals surface area contributed by atoms with Crippen LogP contribution in [0.4, 0.5) is 0 Å². The van der Waals surface area contributed by atoms with Gasteiger partial charge in [-0.2, -0.15) is 0 Å². The lowest BCUT2D eigenvalue weighted by atomic mass is 10.1. The van der Waals surface area contributed by atoms with E-state index < -0.39 is 5.97 Å². The minimum absolute atomic E-state index is 0.290. The van der Waals surface area contributed by atoms with Crippen molar-refractivity contribution >= 4 is 5.97 Å². The van der Waals surface area contributed by atoms with Crippen LogP contribution < -0.4 is 0 Å². The number of hydrogen-bond acceptors (Lipinski definition) is 3. The lowest BCUT2D eigenvalue weighted by molar-refractivity contribution is 0.0696. The van der Waals surface area contributed by atoms with Gasteiger partial charge in [-0.15, -0.1) is 0 Å². The number of benzene rings is 1. The molecule has 0 aliphatic rings. The van der Waals surface area contributed by atoms with Crippen LogP contribution in [0.1, 0.15) is 22.3 Å². The average Bonchev–Trinajstić information content (AvgIpc) is 2.29. The number of rotatable bonds is 7. The Bertz CT molecular complexity index is 336. The van der Waals surface area contributed by atoms with E-state index in [9.17, 15) is 4.79 Å². The lowest BCUT2D eigenvalue weighted by Crippen LogP contribution is -2.01. The number of carboxylic acid groups (broad SMARTS) is 1. The van der Waals surface area contributed by atoms with Gasteiger partial charge in [-0.1, -0.05) is 12.1 Å². The molecule has 0 heterocycles. The number of ether oxygens (including phenoxy) is 2. The Morgan fingerprint density at radius 1 is 1.38 bits per heavy atom. The van der Waals surface area contributed by atoms with Gasteiger partial charge < -0.3 is 14.6 Å². The Labute approximate surface area is 94.8 Å². The summed E-state index contributed by atoms with van der Waals surface area (Å²) >= 11 is 0. The second-order valence-electron chi connectivity index (χ2n) is 3.40. The molecule has 0 aliphatic heterocycles. The van der Waals surface area contributed by atoms with E-state index in [0.29, 0.717) is 19.8 Å². The molecule has 0 aromatic heterocycles. The molecule has 0 aliphatic carbocycles. The van der Waals surface area contributed by atoms with Crippen LogP contribution in [0.25, 0.3) is 0 Å². The molecule has 1 N–H and O–H groups in total. The van der Waals surface area contributed by atoms with Gasteiger partial charge >= 0.3 is 5.97 Å². The molecule has 0 saturated heterocycles. The van der Waals surface area contributed by atoms with Gasteiger partial charge in [0, 0.05) is 20.3 Å². The quantitative estimate of drug-likeness (QED) is 0.719. The first kappa shape index (κ1) is 12.7. The van der Waals surface area contributed by atoms with Crippen molar-refractivity contribution in [1.82, 2.24) is 0 Å². The summed E-state index contributed by atoms with van der Waals surface area (Å²) in [5.74, 6) is -0.916. The van der Waals surface area contributed by atoms with E-state index in [1.807, 2.05) is 6.07 Å². The highest BCUT2D eigenvalue weighted by molar-refractivity contribution is 5.87. The molecule has 0 amide bonds. The molecule has 1 aromatic rings. The average molecular weight is 224 g/mol. The van der Waals surface area contributed by atoms with Crippen LogP contribution in [0.5, 0.6) is 0 Å². The summed E-state index contributed by atoms with van der Waals surface area (Å²) in [5.41, 5.74) is 1.16. The van der Waals surface area contributed by atoms with Crippen LogP contribution in [0.15, 0.2) is 24.3 Å². The van der Waals surface area contributed by atoms with E-state index in [4.69, 9.17) is 14.6 Å². The monoisotopic (exact) mass is 224 g/mol. The van der Waals surface area contributed by atoms with Crippen molar-refractivity contribution in [3.05, 3.63) is 35.4 Å². The van der Waals surface area contributed by atoms with Crippen molar-refractivity contribution in [3.8, 4) is 0 Å². The molecule has 4 nitrogen and oxygen atoms in total. The molecule has 88 valence electrons. The van der Waals surface area contributed by atoms with Crippen LogP contribution in [0.3, 0.4) is 0 Å². The zero-order valence-electron chi connectivity index (χ0n) is 9.31. The lowest BCUT2D eigenvalue weighted by Gasteiger charge is -2.04. The SMILES string of the molecule is COCCCOCc1cccc(C(=O)O)c1. The maximum absolute atomic E-state index is 10.7. The number of hydrogen-bond donors (Lipinski definition) is 1. The highest BCUT2D eigenvalue weighted by atomic mass is 16.5. The number of carboxylic acids is 1. The first-order valence-electron chi connectivity index (χ1n) is 5.13. The van der Waals surface area contributed by atoms with E-state index >= 15 is 0 Å². The van der Waals surface area contributed by atoms with Crippen molar-refractivity contribution in [2.45, 2.75) is 13.0 Å². The smallest absolute Gasteiger partial charge is 0.335 e. The maximum Gasteiger partial charge on any atom is 0.335 e. The van der Waals surface area contributed by atoms with Crippen LogP contribution in [-0.4, -0.2) is 31.4 Å². The van der Waals surface area contributed by atoms with Gasteiger partial charge in [0.1, 0.15) is 0 Å². The number of methoxy groups -OCH3 is 1. The summed E-state index contributed by atoms with van der Waals surface area (Å²) < 4.78 is 10.3. The van der Waals surface area contributed by atoms with E-state index in [0.717, 1.165) is 12.0 Å². The Balaban J connectivity index is 2.36. The van der Waals surface area contributed by atoms with E-state index in [1.54, 1.807) is 25.3 Å². The normalized spacial score (nSPS) is 10.3. The van der Waals surface area contributed by atoms with Gasteiger partial charge in [0.25, 0.3) is 0 Å². The molecule has 0 unspecified atom stereocenters. The van der Waals surface area contributed by atoms with Crippen molar-refractivity contribution < 1.29 is 19.4 Å². The molecule has 0 radical (unpaired) electrons. The third-order valence-electron chi connectivity index (χ3n) is 2.08. The van der Waals surface area contributed by atoms with E-state index in [-0.39, 0.29) is 5.56 Å². The van der Waals surface area contributed by atoms with Gasteiger partial charge in [0.05, 0.1) is 12.2 Å². The van der Waals surface area contributed by atoms with E-state index in [2.05, 4.69) is 0 Å². The minimum atomic E-state index is -0.916. The summed E-state index contributed by atoms with van der Waals surface area (Å²) in [6.45, 7) is 1.73. The number of aromatic carboxylic acids is 1. The molecule has 0 saturated carbocycles. The third-order valence-corrected chi connectivity index (χ3v) is 2.08. The molecule has 0 fully saturated rings. The number of carbonyl (C=O) groups is 1.